The van der Waals surface area contributed by atoms with Crippen LogP contribution in [0.4, 0.5) is 0 Å². The summed E-state index contributed by atoms with van der Waals surface area (Å²) in [5.74, 6) is 5.84. The van der Waals surface area contributed by atoms with Crippen LogP contribution in [0.5, 0.6) is 0 Å². The summed E-state index contributed by atoms with van der Waals surface area (Å²) in [4.78, 5) is 28.6. The number of nitrogens with two attached hydrogens (primary N) is 1. The molecule has 3 N–H and O–H groups in total. The molecule has 1 aliphatic carbocycles. The summed E-state index contributed by atoms with van der Waals surface area (Å²) in [6.45, 7) is 0. The van der Waals surface area contributed by atoms with Gasteiger partial charge in [0.1, 0.15) is 11.0 Å². The summed E-state index contributed by atoms with van der Waals surface area (Å²) < 4.78 is 3.04. The molecule has 11 heteroatoms. The molecule has 7 rings (SSSR count). The van der Waals surface area contributed by atoms with Crippen molar-refractivity contribution in [3.8, 4) is 11.1 Å². The first-order valence-electron chi connectivity index (χ1n) is 11.7. The minimum atomic E-state index is -0.284. The zero-order valence-corrected chi connectivity index (χ0v) is 21.9. The van der Waals surface area contributed by atoms with Crippen LogP contribution in [0.25, 0.3) is 49.1 Å². The Balaban J connectivity index is 1.59. The molecule has 8 nitrogen and oxygen atoms in total. The Bertz CT molecular complexity index is 2090. The highest BCUT2D eigenvalue weighted by molar-refractivity contribution is 7.23. The van der Waals surface area contributed by atoms with Gasteiger partial charge in [-0.1, -0.05) is 58.8 Å². The van der Waals surface area contributed by atoms with Crippen LogP contribution in [0, 0.1) is 5.41 Å². The molecule has 0 bridgehead atoms. The smallest absolute Gasteiger partial charge is 0.270 e. The van der Waals surface area contributed by atoms with E-state index in [-0.39, 0.29) is 11.0 Å². The quantitative estimate of drug-likeness (QED) is 0.280. The van der Waals surface area contributed by atoms with Crippen LogP contribution in [0.2, 0.25) is 10.0 Å². The molecular formula is C27H17Cl2N7OS. The molecule has 4 aromatic heterocycles. The molecule has 0 saturated heterocycles. The summed E-state index contributed by atoms with van der Waals surface area (Å²) in [5, 5.41) is 10.0. The standard InChI is InChI=1S/C27H17Cl2N7OS/c28-16-6-1-13(2-7-16)11-15-5-10-18-19(14-3-8-17(29)9-4-14)20-24(33-21(15)18)34-27-36(26(20)37)25-22(38-27)23(30)35(31)12-32-25/h1-4,6-9,11-12,30H,5,10,31H2/b15-11+,30-23?. The number of fused-ring (bicyclic) bond motifs is 5. The molecule has 0 atom stereocenters. The SMILES string of the molecule is N=c1c2sc3nc4nc5c(c(-c6ccc(Cl)cc6)c4c(=O)n3c2ncn1N)CC/C5=C\c1ccc(Cl)cc1. The summed E-state index contributed by atoms with van der Waals surface area (Å²) in [6, 6.07) is 15.1. The maximum atomic E-state index is 14.1. The van der Waals surface area contributed by atoms with Crippen LogP contribution in [0.3, 0.4) is 0 Å². The highest BCUT2D eigenvalue weighted by Gasteiger charge is 2.28. The molecule has 0 amide bonds. The monoisotopic (exact) mass is 557 g/mol. The van der Waals surface area contributed by atoms with E-state index in [0.29, 0.717) is 36.4 Å². The highest BCUT2D eigenvalue weighted by atomic mass is 35.5. The van der Waals surface area contributed by atoms with E-state index in [9.17, 15) is 4.79 Å². The second kappa shape index (κ2) is 8.49. The zero-order valence-electron chi connectivity index (χ0n) is 19.6. The Labute approximate surface area is 228 Å². The Morgan fingerprint density at radius 1 is 1.00 bits per heavy atom. The van der Waals surface area contributed by atoms with Gasteiger partial charge in [-0.15, -0.1) is 0 Å². The second-order valence-electron chi connectivity index (χ2n) is 9.03. The molecule has 0 spiro atoms. The topological polar surface area (TPSA) is 115 Å². The van der Waals surface area contributed by atoms with Gasteiger partial charge in [0, 0.05) is 15.6 Å². The molecule has 4 heterocycles. The number of nitrogens with one attached hydrogen (secondary N) is 1. The third kappa shape index (κ3) is 3.47. The van der Waals surface area contributed by atoms with E-state index in [2.05, 4.69) is 11.1 Å². The Kier molecular flexibility index (Phi) is 5.16. The number of allylic oxidation sites excluding steroid dienone is 1. The van der Waals surface area contributed by atoms with Crippen molar-refractivity contribution in [1.29, 1.82) is 5.41 Å². The number of nitrogen functional groups attached to an aromatic ring is 1. The molecular weight excluding hydrogens is 541 g/mol. The fourth-order valence-electron chi connectivity index (χ4n) is 5.01. The zero-order chi connectivity index (χ0) is 26.1. The summed E-state index contributed by atoms with van der Waals surface area (Å²) >= 11 is 13.5. The fourth-order valence-corrected chi connectivity index (χ4v) is 6.28. The van der Waals surface area contributed by atoms with Gasteiger partial charge in [-0.05, 0) is 65.4 Å². The highest BCUT2D eigenvalue weighted by Crippen LogP contribution is 2.41. The fraction of sp³-hybridized carbons (Fsp3) is 0.0741. The number of benzene rings is 2. The van der Waals surface area contributed by atoms with Crippen LogP contribution in [0.1, 0.15) is 23.2 Å². The summed E-state index contributed by atoms with van der Waals surface area (Å²) in [7, 11) is 0. The first-order chi connectivity index (χ1) is 18.4. The number of aromatic nitrogens is 5. The predicted molar refractivity (Wildman–Crippen MR) is 152 cm³/mol. The van der Waals surface area contributed by atoms with Gasteiger partial charge in [0.15, 0.2) is 16.8 Å². The third-order valence-corrected chi connectivity index (χ3v) is 8.31. The molecule has 0 radical (unpaired) electrons. The minimum absolute atomic E-state index is 0.0514. The normalized spacial score (nSPS) is 14.2. The minimum Gasteiger partial charge on any atom is -0.336 e. The molecule has 0 aliphatic heterocycles. The second-order valence-corrected chi connectivity index (χ2v) is 10.9. The van der Waals surface area contributed by atoms with Crippen molar-refractivity contribution in [2.75, 3.05) is 5.84 Å². The van der Waals surface area contributed by atoms with Gasteiger partial charge in [-0.3, -0.25) is 10.2 Å². The average molecular weight is 558 g/mol. The number of thiazole rings is 1. The van der Waals surface area contributed by atoms with Gasteiger partial charge in [0.25, 0.3) is 5.56 Å². The lowest BCUT2D eigenvalue weighted by Gasteiger charge is -2.13. The van der Waals surface area contributed by atoms with Crippen LogP contribution >= 0.6 is 34.5 Å². The van der Waals surface area contributed by atoms with Gasteiger partial charge in [0.05, 0.1) is 11.1 Å². The number of hydrogen-bond donors (Lipinski definition) is 2. The van der Waals surface area contributed by atoms with Gasteiger partial charge < -0.3 is 5.84 Å². The number of hydrogen-bond acceptors (Lipinski definition) is 7. The average Bonchev–Trinajstić information content (AvgIpc) is 3.49. The number of rotatable bonds is 2. The van der Waals surface area contributed by atoms with Crippen LogP contribution in [-0.2, 0) is 6.42 Å². The lowest BCUT2D eigenvalue weighted by Crippen LogP contribution is -2.27. The Hall–Kier alpha value is -4.05. The number of pyridine rings is 1. The summed E-state index contributed by atoms with van der Waals surface area (Å²) in [5.41, 5.74) is 6.02. The molecule has 6 aromatic rings. The van der Waals surface area contributed by atoms with E-state index in [1.165, 1.54) is 22.1 Å². The molecule has 38 heavy (non-hydrogen) atoms. The molecule has 1 aliphatic rings. The van der Waals surface area contributed by atoms with E-state index in [1.807, 2.05) is 48.5 Å². The van der Waals surface area contributed by atoms with Crippen molar-refractivity contribution < 1.29 is 0 Å². The Morgan fingerprint density at radius 3 is 2.45 bits per heavy atom. The van der Waals surface area contributed by atoms with Crippen LogP contribution < -0.4 is 16.9 Å². The number of halogens is 2. The van der Waals surface area contributed by atoms with E-state index >= 15 is 0 Å². The van der Waals surface area contributed by atoms with Crippen molar-refractivity contribution in [2.45, 2.75) is 12.8 Å². The van der Waals surface area contributed by atoms with Crippen LogP contribution in [0.15, 0.2) is 59.7 Å². The molecule has 186 valence electrons. The first-order valence-corrected chi connectivity index (χ1v) is 13.3. The Morgan fingerprint density at radius 2 is 1.71 bits per heavy atom. The van der Waals surface area contributed by atoms with Crippen molar-refractivity contribution in [3.05, 3.63) is 97.6 Å². The van der Waals surface area contributed by atoms with Gasteiger partial charge in [0.2, 0.25) is 4.96 Å². The van der Waals surface area contributed by atoms with E-state index in [1.54, 1.807) is 0 Å². The largest absolute Gasteiger partial charge is 0.336 e. The van der Waals surface area contributed by atoms with Crippen molar-refractivity contribution >= 4 is 72.5 Å². The van der Waals surface area contributed by atoms with Crippen molar-refractivity contribution in [2.24, 2.45) is 0 Å². The maximum Gasteiger partial charge on any atom is 0.270 e. The van der Waals surface area contributed by atoms with Gasteiger partial charge in [-0.25, -0.2) is 19.0 Å². The lowest BCUT2D eigenvalue weighted by atomic mass is 9.96. The van der Waals surface area contributed by atoms with Gasteiger partial charge in [-0.2, -0.15) is 4.98 Å². The van der Waals surface area contributed by atoms with E-state index in [0.717, 1.165) is 51.0 Å². The van der Waals surface area contributed by atoms with E-state index in [4.69, 9.17) is 44.4 Å². The maximum absolute atomic E-state index is 14.1. The first kappa shape index (κ1) is 23.1. The lowest BCUT2D eigenvalue weighted by molar-refractivity contribution is 0.864. The predicted octanol–water partition coefficient (Wildman–Crippen LogP) is 5.31. The van der Waals surface area contributed by atoms with E-state index < -0.39 is 0 Å². The molecule has 0 fully saturated rings. The molecule has 0 unspecified atom stereocenters. The molecule has 2 aromatic carbocycles. The van der Waals surface area contributed by atoms with Crippen LogP contribution in [-0.4, -0.2) is 24.0 Å². The van der Waals surface area contributed by atoms with Crippen molar-refractivity contribution in [3.63, 3.8) is 0 Å². The summed E-state index contributed by atoms with van der Waals surface area (Å²) in [6.07, 6.45) is 4.93. The van der Waals surface area contributed by atoms with Crippen molar-refractivity contribution in [1.82, 2.24) is 24.0 Å². The third-order valence-electron chi connectivity index (χ3n) is 6.77. The van der Waals surface area contributed by atoms with Gasteiger partial charge >= 0.3 is 0 Å². The molecule has 0 saturated carbocycles. The number of nitrogens with zero attached hydrogens (tertiary/aromatic N) is 5.